The lowest BCUT2D eigenvalue weighted by Crippen LogP contribution is -2.27. The molecule has 0 aromatic heterocycles. The van der Waals surface area contributed by atoms with Gasteiger partial charge in [-0.3, -0.25) is 4.79 Å². The molecule has 1 aliphatic carbocycles. The van der Waals surface area contributed by atoms with Crippen LogP contribution in [0.5, 0.6) is 5.75 Å². The van der Waals surface area contributed by atoms with Crippen molar-refractivity contribution in [1.29, 1.82) is 0 Å². The lowest BCUT2D eigenvalue weighted by atomic mass is 9.91. The van der Waals surface area contributed by atoms with Crippen LogP contribution in [0, 0.1) is 5.92 Å². The summed E-state index contributed by atoms with van der Waals surface area (Å²) in [5.41, 5.74) is 1.28. The minimum atomic E-state index is -0.0811. The van der Waals surface area contributed by atoms with Crippen molar-refractivity contribution >= 4 is 33.1 Å². The van der Waals surface area contributed by atoms with Crippen molar-refractivity contribution < 1.29 is 9.53 Å². The van der Waals surface area contributed by atoms with Crippen molar-refractivity contribution in [3.8, 4) is 5.75 Å². The van der Waals surface area contributed by atoms with Gasteiger partial charge >= 0.3 is 0 Å². The van der Waals surface area contributed by atoms with Crippen LogP contribution in [0.25, 0.3) is 0 Å². The Labute approximate surface area is 119 Å². The summed E-state index contributed by atoms with van der Waals surface area (Å²) < 4.78 is 5.91. The number of carbonyl (C=O) groups is 1. The second-order valence-corrected chi connectivity index (χ2v) is 4.97. The number of ether oxygens (including phenoxy) is 1. The zero-order valence-corrected chi connectivity index (χ0v) is 11.8. The zero-order chi connectivity index (χ0) is 13.2. The number of fused-ring (bicyclic) bond motifs is 2. The molecular weight excluding hydrogens is 306 g/mol. The number of ketones is 1. The molecule has 0 N–H and O–H groups in total. The van der Waals surface area contributed by atoms with E-state index in [4.69, 9.17) is 4.74 Å². The zero-order valence-electron chi connectivity index (χ0n) is 10.2. The molecule has 3 nitrogen and oxygen atoms in total. The minimum Gasteiger partial charge on any atom is -0.459 e. The maximum Gasteiger partial charge on any atom is 0.188 e. The first-order valence-corrected chi connectivity index (χ1v) is 7.23. The summed E-state index contributed by atoms with van der Waals surface area (Å²) in [7, 11) is 0. The van der Waals surface area contributed by atoms with Crippen molar-refractivity contribution in [3.63, 3.8) is 0 Å². The van der Waals surface area contributed by atoms with Gasteiger partial charge in [0.15, 0.2) is 11.5 Å². The quantitative estimate of drug-likeness (QED) is 0.782. The van der Waals surface area contributed by atoms with Crippen molar-refractivity contribution in [2.75, 3.05) is 5.33 Å². The number of benzene rings is 1. The molecular formula is C15H12BrNO2. The highest BCUT2D eigenvalue weighted by Crippen LogP contribution is 2.37. The van der Waals surface area contributed by atoms with Gasteiger partial charge in [-0.15, -0.1) is 0 Å². The van der Waals surface area contributed by atoms with Gasteiger partial charge in [-0.1, -0.05) is 40.2 Å². The smallest absolute Gasteiger partial charge is 0.188 e. The van der Waals surface area contributed by atoms with Crippen LogP contribution in [-0.4, -0.2) is 16.8 Å². The lowest BCUT2D eigenvalue weighted by Gasteiger charge is -2.19. The maximum atomic E-state index is 12.1. The molecule has 1 aromatic carbocycles. The molecule has 1 aromatic rings. The van der Waals surface area contributed by atoms with Crippen molar-refractivity contribution in [1.82, 2.24) is 0 Å². The Hall–Kier alpha value is -1.68. The molecule has 1 unspecified atom stereocenters. The summed E-state index contributed by atoms with van der Waals surface area (Å²) in [4.78, 5) is 16.6. The van der Waals surface area contributed by atoms with Gasteiger partial charge in [0.1, 0.15) is 11.4 Å². The van der Waals surface area contributed by atoms with Crippen molar-refractivity contribution in [3.05, 3.63) is 48.3 Å². The summed E-state index contributed by atoms with van der Waals surface area (Å²) in [5, 5.41) is 0.279. The molecule has 1 aliphatic heterocycles. The number of Topliss-reactive ketones (excluding diaryl/α,β-unsaturated/α-hetero) is 1. The van der Waals surface area contributed by atoms with Gasteiger partial charge in [0, 0.05) is 0 Å². The third-order valence-corrected chi connectivity index (χ3v) is 3.69. The summed E-state index contributed by atoms with van der Waals surface area (Å²) in [5.74, 6) is 1.42. The fourth-order valence-corrected chi connectivity index (χ4v) is 2.54. The second-order valence-electron chi connectivity index (χ2n) is 4.41. The number of halogens is 1. The molecule has 0 saturated carbocycles. The van der Waals surface area contributed by atoms with Crippen molar-refractivity contribution in [2.24, 2.45) is 10.9 Å². The normalized spacial score (nSPS) is 20.4. The third kappa shape index (κ3) is 2.28. The maximum absolute atomic E-state index is 12.1. The summed E-state index contributed by atoms with van der Waals surface area (Å²) in [6.45, 7) is 0. The molecule has 96 valence electrons. The number of carbonyl (C=O) groups excluding carboxylic acids is 1. The van der Waals surface area contributed by atoms with Crippen LogP contribution >= 0.6 is 15.9 Å². The number of para-hydroxylation sites is 2. The molecule has 0 radical (unpaired) electrons. The highest BCUT2D eigenvalue weighted by molar-refractivity contribution is 9.09. The highest BCUT2D eigenvalue weighted by Gasteiger charge is 2.30. The molecule has 3 rings (SSSR count). The van der Waals surface area contributed by atoms with Gasteiger partial charge in [-0.05, 0) is 24.6 Å². The Morgan fingerprint density at radius 1 is 1.42 bits per heavy atom. The molecule has 0 saturated heterocycles. The van der Waals surface area contributed by atoms with Gasteiger partial charge in [-0.25, -0.2) is 4.99 Å². The molecule has 1 atom stereocenters. The average molecular weight is 318 g/mol. The van der Waals surface area contributed by atoms with Crippen LogP contribution in [0.2, 0.25) is 0 Å². The third-order valence-electron chi connectivity index (χ3n) is 3.18. The van der Waals surface area contributed by atoms with E-state index in [9.17, 15) is 4.79 Å². The molecule has 4 heteroatoms. The van der Waals surface area contributed by atoms with Crippen LogP contribution in [0.3, 0.4) is 0 Å². The number of alkyl halides is 1. The number of aliphatic imine (C=N–C) groups is 1. The largest absolute Gasteiger partial charge is 0.459 e. The van der Waals surface area contributed by atoms with Crippen LogP contribution in [0.4, 0.5) is 5.69 Å². The van der Waals surface area contributed by atoms with Gasteiger partial charge in [0.25, 0.3) is 0 Å². The average Bonchev–Trinajstić information content (AvgIpc) is 2.62. The predicted octanol–water partition coefficient (Wildman–Crippen LogP) is 3.58. The van der Waals surface area contributed by atoms with E-state index in [0.29, 0.717) is 17.1 Å². The molecule has 0 bridgehead atoms. The van der Waals surface area contributed by atoms with Crippen LogP contribution < -0.4 is 4.74 Å². The number of hydrogen-bond donors (Lipinski definition) is 0. The van der Waals surface area contributed by atoms with E-state index in [1.54, 1.807) is 0 Å². The molecule has 1 heterocycles. The highest BCUT2D eigenvalue weighted by atomic mass is 79.9. The van der Waals surface area contributed by atoms with E-state index in [0.717, 1.165) is 12.2 Å². The van der Waals surface area contributed by atoms with E-state index in [-0.39, 0.29) is 17.0 Å². The van der Waals surface area contributed by atoms with E-state index >= 15 is 0 Å². The van der Waals surface area contributed by atoms with Gasteiger partial charge in [0.05, 0.1) is 17.0 Å². The van der Waals surface area contributed by atoms with E-state index < -0.39 is 0 Å². The Morgan fingerprint density at radius 2 is 2.26 bits per heavy atom. The Kier molecular flexibility index (Phi) is 3.34. The molecule has 0 spiro atoms. The summed E-state index contributed by atoms with van der Waals surface area (Å²) in [6, 6.07) is 7.53. The Balaban J connectivity index is 2.14. The van der Waals surface area contributed by atoms with Gasteiger partial charge in [-0.2, -0.15) is 0 Å². The lowest BCUT2D eigenvalue weighted by molar-refractivity contribution is -0.110. The first-order valence-electron chi connectivity index (χ1n) is 6.11. The molecule has 2 aliphatic rings. The molecule has 19 heavy (non-hydrogen) atoms. The van der Waals surface area contributed by atoms with Crippen LogP contribution in [0.15, 0.2) is 53.2 Å². The van der Waals surface area contributed by atoms with Gasteiger partial charge in [0.2, 0.25) is 0 Å². The van der Waals surface area contributed by atoms with E-state index in [2.05, 4.69) is 20.9 Å². The van der Waals surface area contributed by atoms with E-state index in [1.165, 1.54) is 0 Å². The summed E-state index contributed by atoms with van der Waals surface area (Å²) >= 11 is 3.22. The monoisotopic (exact) mass is 317 g/mol. The molecule has 0 amide bonds. The topological polar surface area (TPSA) is 38.7 Å². The number of rotatable bonds is 2. The van der Waals surface area contributed by atoms with Gasteiger partial charge < -0.3 is 4.74 Å². The predicted molar refractivity (Wildman–Crippen MR) is 78.3 cm³/mol. The molecule has 0 fully saturated rings. The SMILES string of the molecule is O=C(CBr)C1=Nc2ccccc2OC2=CC=CCC21. The van der Waals surface area contributed by atoms with Crippen molar-refractivity contribution in [2.45, 2.75) is 6.42 Å². The summed E-state index contributed by atoms with van der Waals surface area (Å²) in [6.07, 6.45) is 6.64. The second kappa shape index (κ2) is 5.13. The fraction of sp³-hybridized carbons (Fsp3) is 0.200. The Bertz CT molecular complexity index is 616. The fourth-order valence-electron chi connectivity index (χ4n) is 2.26. The number of nitrogens with zero attached hydrogens (tertiary/aromatic N) is 1. The van der Waals surface area contributed by atoms with Crippen LogP contribution in [0.1, 0.15) is 6.42 Å². The van der Waals surface area contributed by atoms with Crippen LogP contribution in [-0.2, 0) is 4.79 Å². The number of allylic oxidation sites excluding steroid dienone is 4. The first kappa shape index (κ1) is 12.4. The minimum absolute atomic E-state index is 0.00602. The standard InChI is InChI=1S/C15H12BrNO2/c16-9-12(18)15-10-5-1-3-7-13(10)19-14-8-4-2-6-11(14)17-15/h1-4,6-8,10H,5,9H2. The Morgan fingerprint density at radius 3 is 3.11 bits per heavy atom. The van der Waals surface area contributed by atoms with E-state index in [1.807, 2.05) is 42.5 Å². The number of hydrogen-bond acceptors (Lipinski definition) is 3. The first-order chi connectivity index (χ1) is 9.29.